The van der Waals surface area contributed by atoms with Crippen LogP contribution in [0.5, 0.6) is 0 Å². The first-order chi connectivity index (χ1) is 10.8. The van der Waals surface area contributed by atoms with Gasteiger partial charge in [-0.2, -0.15) is 5.10 Å². The summed E-state index contributed by atoms with van der Waals surface area (Å²) < 4.78 is 1.82. The van der Waals surface area contributed by atoms with Crippen LogP contribution in [0.1, 0.15) is 26.3 Å². The SMILES string of the molecule is CC(C)(C)C(O)CNC(=O)Nc1cccc(Cn2cccn2)c1. The molecule has 0 saturated carbocycles. The van der Waals surface area contributed by atoms with E-state index in [1.165, 1.54) is 0 Å². The number of carbonyl (C=O) groups excluding carboxylic acids is 1. The van der Waals surface area contributed by atoms with Crippen molar-refractivity contribution in [3.63, 3.8) is 0 Å². The minimum absolute atomic E-state index is 0.211. The van der Waals surface area contributed by atoms with Crippen LogP contribution >= 0.6 is 0 Å². The number of aliphatic hydroxyl groups is 1. The molecule has 0 saturated heterocycles. The number of hydrogen-bond donors (Lipinski definition) is 3. The van der Waals surface area contributed by atoms with E-state index in [9.17, 15) is 9.90 Å². The normalized spacial score (nSPS) is 12.7. The van der Waals surface area contributed by atoms with E-state index in [2.05, 4.69) is 15.7 Å². The van der Waals surface area contributed by atoms with Gasteiger partial charge < -0.3 is 15.7 Å². The minimum Gasteiger partial charge on any atom is -0.391 e. The van der Waals surface area contributed by atoms with Crippen molar-refractivity contribution < 1.29 is 9.90 Å². The van der Waals surface area contributed by atoms with E-state index in [-0.39, 0.29) is 18.0 Å². The van der Waals surface area contributed by atoms with Gasteiger partial charge in [0.2, 0.25) is 0 Å². The van der Waals surface area contributed by atoms with Gasteiger partial charge in [-0.25, -0.2) is 4.79 Å². The Labute approximate surface area is 136 Å². The van der Waals surface area contributed by atoms with Crippen molar-refractivity contribution in [2.45, 2.75) is 33.4 Å². The third-order valence-corrected chi connectivity index (χ3v) is 3.54. The second-order valence-corrected chi connectivity index (χ2v) is 6.62. The van der Waals surface area contributed by atoms with Crippen molar-refractivity contribution >= 4 is 11.7 Å². The van der Waals surface area contributed by atoms with Crippen molar-refractivity contribution in [2.24, 2.45) is 5.41 Å². The van der Waals surface area contributed by atoms with Crippen LogP contribution in [0.2, 0.25) is 0 Å². The number of amides is 2. The monoisotopic (exact) mass is 316 g/mol. The molecule has 124 valence electrons. The molecule has 0 aliphatic rings. The van der Waals surface area contributed by atoms with Crippen LogP contribution in [0.15, 0.2) is 42.7 Å². The van der Waals surface area contributed by atoms with Crippen molar-refractivity contribution in [2.75, 3.05) is 11.9 Å². The average molecular weight is 316 g/mol. The van der Waals surface area contributed by atoms with Gasteiger partial charge in [-0.1, -0.05) is 32.9 Å². The summed E-state index contributed by atoms with van der Waals surface area (Å²) in [7, 11) is 0. The van der Waals surface area contributed by atoms with Crippen LogP contribution in [-0.2, 0) is 6.54 Å². The molecule has 1 heterocycles. The van der Waals surface area contributed by atoms with Crippen LogP contribution in [-0.4, -0.2) is 33.6 Å². The van der Waals surface area contributed by atoms with Gasteiger partial charge in [-0.3, -0.25) is 4.68 Å². The first kappa shape index (κ1) is 17.0. The zero-order valence-corrected chi connectivity index (χ0v) is 13.8. The van der Waals surface area contributed by atoms with Gasteiger partial charge in [-0.05, 0) is 29.2 Å². The van der Waals surface area contributed by atoms with Crippen molar-refractivity contribution in [3.05, 3.63) is 48.3 Å². The number of hydrogen-bond acceptors (Lipinski definition) is 3. The summed E-state index contributed by atoms with van der Waals surface area (Å²) >= 11 is 0. The van der Waals surface area contributed by atoms with Gasteiger partial charge in [0.1, 0.15) is 0 Å². The Morgan fingerprint density at radius 2 is 2.13 bits per heavy atom. The zero-order chi connectivity index (χ0) is 16.9. The van der Waals surface area contributed by atoms with Crippen LogP contribution < -0.4 is 10.6 Å². The molecule has 2 rings (SSSR count). The second-order valence-electron chi connectivity index (χ2n) is 6.62. The van der Waals surface area contributed by atoms with E-state index in [4.69, 9.17) is 0 Å². The summed E-state index contributed by atoms with van der Waals surface area (Å²) in [6.45, 7) is 6.64. The quantitative estimate of drug-likeness (QED) is 0.793. The molecule has 2 aromatic rings. The molecule has 1 unspecified atom stereocenters. The van der Waals surface area contributed by atoms with E-state index in [1.807, 2.05) is 62.0 Å². The summed E-state index contributed by atoms with van der Waals surface area (Å²) in [6, 6.07) is 9.14. The summed E-state index contributed by atoms with van der Waals surface area (Å²) in [5.41, 5.74) is 1.48. The van der Waals surface area contributed by atoms with E-state index < -0.39 is 6.10 Å². The molecule has 0 bridgehead atoms. The van der Waals surface area contributed by atoms with Gasteiger partial charge >= 0.3 is 6.03 Å². The molecule has 1 aromatic heterocycles. The molecule has 1 atom stereocenters. The predicted octanol–water partition coefficient (Wildman–Crippen LogP) is 2.46. The van der Waals surface area contributed by atoms with Gasteiger partial charge in [0.05, 0.1) is 12.6 Å². The number of anilines is 1. The number of nitrogens with zero attached hydrogens (tertiary/aromatic N) is 2. The van der Waals surface area contributed by atoms with E-state index in [1.54, 1.807) is 6.20 Å². The molecular weight excluding hydrogens is 292 g/mol. The molecule has 6 nitrogen and oxygen atoms in total. The van der Waals surface area contributed by atoms with Crippen molar-refractivity contribution in [3.8, 4) is 0 Å². The van der Waals surface area contributed by atoms with Crippen LogP contribution in [0.3, 0.4) is 0 Å². The molecule has 0 radical (unpaired) electrons. The van der Waals surface area contributed by atoms with E-state index in [0.29, 0.717) is 12.2 Å². The first-order valence-corrected chi connectivity index (χ1v) is 7.64. The van der Waals surface area contributed by atoms with Gasteiger partial charge in [0.25, 0.3) is 0 Å². The van der Waals surface area contributed by atoms with Crippen LogP contribution in [0.25, 0.3) is 0 Å². The highest BCUT2D eigenvalue weighted by Gasteiger charge is 2.22. The molecule has 1 aromatic carbocycles. The molecule has 0 aliphatic heterocycles. The molecular formula is C17H24N4O2. The summed E-state index contributed by atoms with van der Waals surface area (Å²) in [5.74, 6) is 0. The highest BCUT2D eigenvalue weighted by molar-refractivity contribution is 5.89. The maximum Gasteiger partial charge on any atom is 0.319 e. The van der Waals surface area contributed by atoms with Crippen LogP contribution in [0, 0.1) is 5.41 Å². The lowest BCUT2D eigenvalue weighted by atomic mass is 9.89. The van der Waals surface area contributed by atoms with Crippen LogP contribution in [0.4, 0.5) is 10.5 Å². The number of rotatable bonds is 5. The third-order valence-electron chi connectivity index (χ3n) is 3.54. The van der Waals surface area contributed by atoms with E-state index in [0.717, 1.165) is 5.56 Å². The number of urea groups is 1. The Morgan fingerprint density at radius 3 is 2.78 bits per heavy atom. The fourth-order valence-electron chi connectivity index (χ4n) is 2.00. The number of nitrogens with one attached hydrogen (secondary N) is 2. The third kappa shape index (κ3) is 5.41. The molecule has 2 amide bonds. The Bertz CT molecular complexity index is 632. The fourth-order valence-corrected chi connectivity index (χ4v) is 2.00. The second kappa shape index (κ2) is 7.28. The summed E-state index contributed by atoms with van der Waals surface area (Å²) in [5, 5.41) is 19.6. The number of aliphatic hydroxyl groups excluding tert-OH is 1. The molecule has 0 aliphatic carbocycles. The molecule has 0 fully saturated rings. The van der Waals surface area contributed by atoms with E-state index >= 15 is 0 Å². The van der Waals surface area contributed by atoms with Crippen molar-refractivity contribution in [1.82, 2.24) is 15.1 Å². The Hall–Kier alpha value is -2.34. The van der Waals surface area contributed by atoms with Crippen molar-refractivity contribution in [1.29, 1.82) is 0 Å². The topological polar surface area (TPSA) is 79.2 Å². The molecule has 3 N–H and O–H groups in total. The lowest BCUT2D eigenvalue weighted by Crippen LogP contribution is -2.40. The lowest BCUT2D eigenvalue weighted by Gasteiger charge is -2.25. The standard InChI is InChI=1S/C17H24N4O2/c1-17(2,3)15(22)11-18-16(23)20-14-7-4-6-13(10-14)12-21-9-5-8-19-21/h4-10,15,22H,11-12H2,1-3H3,(H2,18,20,23). The molecule has 6 heteroatoms. The predicted molar refractivity (Wildman–Crippen MR) is 90.3 cm³/mol. The maximum atomic E-state index is 11.9. The molecule has 23 heavy (non-hydrogen) atoms. The van der Waals surface area contributed by atoms with Gasteiger partial charge in [0, 0.05) is 24.6 Å². The summed E-state index contributed by atoms with van der Waals surface area (Å²) in [4.78, 5) is 11.9. The number of aromatic nitrogens is 2. The Kier molecular flexibility index (Phi) is 5.39. The maximum absolute atomic E-state index is 11.9. The molecule has 0 spiro atoms. The first-order valence-electron chi connectivity index (χ1n) is 7.64. The fraction of sp³-hybridized carbons (Fsp3) is 0.412. The van der Waals surface area contributed by atoms with Gasteiger partial charge in [-0.15, -0.1) is 0 Å². The Balaban J connectivity index is 1.88. The highest BCUT2D eigenvalue weighted by atomic mass is 16.3. The zero-order valence-electron chi connectivity index (χ0n) is 13.8. The largest absolute Gasteiger partial charge is 0.391 e. The highest BCUT2D eigenvalue weighted by Crippen LogP contribution is 2.18. The Morgan fingerprint density at radius 1 is 1.35 bits per heavy atom. The average Bonchev–Trinajstić information content (AvgIpc) is 2.97. The lowest BCUT2D eigenvalue weighted by molar-refractivity contribution is 0.0654. The number of carbonyl (C=O) groups is 1. The smallest absolute Gasteiger partial charge is 0.319 e. The summed E-state index contributed by atoms with van der Waals surface area (Å²) in [6.07, 6.45) is 3.02. The van der Waals surface area contributed by atoms with Gasteiger partial charge in [0.15, 0.2) is 0 Å². The minimum atomic E-state index is -0.598. The number of benzene rings is 1.